The first kappa shape index (κ1) is 19.8. The van der Waals surface area contributed by atoms with Crippen LogP contribution in [-0.4, -0.2) is 28.2 Å². The number of ether oxygens (including phenoxy) is 2. The summed E-state index contributed by atoms with van der Waals surface area (Å²) < 4.78 is 13.3. The molecule has 1 heterocycles. The van der Waals surface area contributed by atoms with Gasteiger partial charge in [-0.3, -0.25) is 0 Å². The Morgan fingerprint density at radius 1 is 1.25 bits per heavy atom. The van der Waals surface area contributed by atoms with Crippen molar-refractivity contribution in [1.82, 2.24) is 14.9 Å². The summed E-state index contributed by atoms with van der Waals surface area (Å²) in [4.78, 5) is 0. The third-order valence-electron chi connectivity index (χ3n) is 4.28. The fraction of sp³-hybridized carbons (Fsp3) is 0.286. The van der Waals surface area contributed by atoms with Crippen molar-refractivity contribution >= 4 is 18.4 Å². The Kier molecular flexibility index (Phi) is 6.26. The van der Waals surface area contributed by atoms with Crippen molar-refractivity contribution in [2.45, 2.75) is 33.3 Å². The SMILES string of the molecule is COc1cccc(/C=N\n2c(COc3cc(C)ccc3C(C)C)n[nH]c2=S)c1. The van der Waals surface area contributed by atoms with Gasteiger partial charge in [0.1, 0.15) is 18.1 Å². The molecule has 7 heteroatoms. The lowest BCUT2D eigenvalue weighted by Crippen LogP contribution is -2.06. The first-order valence-corrected chi connectivity index (χ1v) is 9.47. The lowest BCUT2D eigenvalue weighted by atomic mass is 10.0. The zero-order chi connectivity index (χ0) is 20.1. The van der Waals surface area contributed by atoms with E-state index in [0.717, 1.165) is 28.2 Å². The summed E-state index contributed by atoms with van der Waals surface area (Å²) in [5.41, 5.74) is 3.20. The second kappa shape index (κ2) is 8.84. The molecule has 0 atom stereocenters. The predicted molar refractivity (Wildman–Crippen MR) is 113 cm³/mol. The Labute approximate surface area is 169 Å². The van der Waals surface area contributed by atoms with Gasteiger partial charge in [0.15, 0.2) is 5.82 Å². The maximum atomic E-state index is 6.06. The van der Waals surface area contributed by atoms with E-state index < -0.39 is 0 Å². The van der Waals surface area contributed by atoms with Gasteiger partial charge < -0.3 is 9.47 Å². The number of hydrogen-bond acceptors (Lipinski definition) is 5. The van der Waals surface area contributed by atoms with Crippen LogP contribution in [0.25, 0.3) is 0 Å². The van der Waals surface area contributed by atoms with Crippen molar-refractivity contribution in [3.05, 3.63) is 69.8 Å². The monoisotopic (exact) mass is 396 g/mol. The van der Waals surface area contributed by atoms with Crippen LogP contribution in [0.1, 0.15) is 42.3 Å². The summed E-state index contributed by atoms with van der Waals surface area (Å²) in [6.07, 6.45) is 1.71. The molecular weight excluding hydrogens is 372 g/mol. The maximum Gasteiger partial charge on any atom is 0.216 e. The Hall–Kier alpha value is -2.93. The van der Waals surface area contributed by atoms with Crippen molar-refractivity contribution in [3.8, 4) is 11.5 Å². The number of aromatic amines is 1. The van der Waals surface area contributed by atoms with Crippen molar-refractivity contribution in [2.75, 3.05) is 7.11 Å². The van der Waals surface area contributed by atoms with Crippen LogP contribution < -0.4 is 9.47 Å². The van der Waals surface area contributed by atoms with Crippen LogP contribution in [0.4, 0.5) is 0 Å². The highest BCUT2D eigenvalue weighted by Gasteiger charge is 2.11. The van der Waals surface area contributed by atoms with Crippen molar-refractivity contribution in [1.29, 1.82) is 0 Å². The molecule has 28 heavy (non-hydrogen) atoms. The fourth-order valence-electron chi connectivity index (χ4n) is 2.77. The summed E-state index contributed by atoms with van der Waals surface area (Å²) in [5, 5.41) is 11.5. The Balaban J connectivity index is 1.81. The van der Waals surface area contributed by atoms with Gasteiger partial charge in [-0.05, 0) is 59.9 Å². The van der Waals surface area contributed by atoms with E-state index in [0.29, 0.717) is 16.5 Å². The van der Waals surface area contributed by atoms with Gasteiger partial charge >= 0.3 is 0 Å². The number of methoxy groups -OCH3 is 1. The van der Waals surface area contributed by atoms with Crippen LogP contribution in [0.2, 0.25) is 0 Å². The lowest BCUT2D eigenvalue weighted by Gasteiger charge is -2.14. The average Bonchev–Trinajstić information content (AvgIpc) is 3.04. The molecule has 0 saturated heterocycles. The molecule has 3 rings (SSSR count). The van der Waals surface area contributed by atoms with E-state index in [9.17, 15) is 0 Å². The van der Waals surface area contributed by atoms with Gasteiger partial charge in [0, 0.05) is 0 Å². The summed E-state index contributed by atoms with van der Waals surface area (Å²) in [6, 6.07) is 13.9. The number of hydrogen-bond donors (Lipinski definition) is 1. The number of aryl methyl sites for hydroxylation is 1. The normalized spacial score (nSPS) is 11.3. The van der Waals surface area contributed by atoms with Crippen LogP contribution in [0.5, 0.6) is 11.5 Å². The molecule has 0 spiro atoms. The van der Waals surface area contributed by atoms with Crippen LogP contribution >= 0.6 is 12.2 Å². The molecule has 0 amide bonds. The summed E-state index contributed by atoms with van der Waals surface area (Å²) in [6.45, 7) is 6.59. The molecule has 3 aromatic rings. The number of H-pyrrole nitrogens is 1. The molecule has 0 bridgehead atoms. The number of benzene rings is 2. The third kappa shape index (κ3) is 4.67. The van der Waals surface area contributed by atoms with Crippen molar-refractivity contribution in [3.63, 3.8) is 0 Å². The second-order valence-electron chi connectivity index (χ2n) is 6.76. The van der Waals surface area contributed by atoms with E-state index in [2.05, 4.69) is 41.3 Å². The summed E-state index contributed by atoms with van der Waals surface area (Å²) >= 11 is 5.31. The first-order valence-electron chi connectivity index (χ1n) is 9.06. The first-order chi connectivity index (χ1) is 13.5. The van der Waals surface area contributed by atoms with Crippen molar-refractivity contribution in [2.24, 2.45) is 5.10 Å². The summed E-state index contributed by atoms with van der Waals surface area (Å²) in [5.74, 6) is 2.58. The van der Waals surface area contributed by atoms with E-state index in [-0.39, 0.29) is 6.61 Å². The zero-order valence-electron chi connectivity index (χ0n) is 16.5. The molecule has 6 nitrogen and oxygen atoms in total. The highest BCUT2D eigenvalue weighted by molar-refractivity contribution is 7.71. The molecule has 1 N–H and O–H groups in total. The number of rotatable bonds is 7. The number of aromatic nitrogens is 3. The van der Waals surface area contributed by atoms with Crippen LogP contribution in [-0.2, 0) is 6.61 Å². The van der Waals surface area contributed by atoms with Crippen molar-refractivity contribution < 1.29 is 9.47 Å². The van der Waals surface area contributed by atoms with Gasteiger partial charge in [0.05, 0.1) is 13.3 Å². The van der Waals surface area contributed by atoms with E-state index in [1.165, 1.54) is 0 Å². The Morgan fingerprint density at radius 2 is 2.07 bits per heavy atom. The highest BCUT2D eigenvalue weighted by Crippen LogP contribution is 2.28. The minimum Gasteiger partial charge on any atom is -0.497 e. The minimum atomic E-state index is 0.256. The Bertz CT molecular complexity index is 1040. The molecule has 0 aliphatic carbocycles. The molecule has 2 aromatic carbocycles. The van der Waals surface area contributed by atoms with Gasteiger partial charge in [0.2, 0.25) is 4.77 Å². The average molecular weight is 397 g/mol. The van der Waals surface area contributed by atoms with E-state index in [1.54, 1.807) is 18.0 Å². The second-order valence-corrected chi connectivity index (χ2v) is 7.15. The van der Waals surface area contributed by atoms with Gasteiger partial charge in [-0.2, -0.15) is 14.9 Å². The van der Waals surface area contributed by atoms with Gasteiger partial charge in [-0.25, -0.2) is 5.10 Å². The van der Waals surface area contributed by atoms with E-state index in [1.807, 2.05) is 37.3 Å². The Morgan fingerprint density at radius 3 is 2.82 bits per heavy atom. The summed E-state index contributed by atoms with van der Waals surface area (Å²) in [7, 11) is 1.63. The zero-order valence-corrected chi connectivity index (χ0v) is 17.3. The van der Waals surface area contributed by atoms with Gasteiger partial charge in [-0.1, -0.05) is 38.1 Å². The highest BCUT2D eigenvalue weighted by atomic mass is 32.1. The molecule has 0 aliphatic heterocycles. The van der Waals surface area contributed by atoms with E-state index >= 15 is 0 Å². The fourth-order valence-corrected chi connectivity index (χ4v) is 2.97. The largest absolute Gasteiger partial charge is 0.497 e. The number of nitrogens with zero attached hydrogens (tertiary/aromatic N) is 3. The molecule has 0 unspecified atom stereocenters. The lowest BCUT2D eigenvalue weighted by molar-refractivity contribution is 0.286. The van der Waals surface area contributed by atoms with Gasteiger partial charge in [0.25, 0.3) is 0 Å². The third-order valence-corrected chi connectivity index (χ3v) is 4.55. The van der Waals surface area contributed by atoms with E-state index in [4.69, 9.17) is 21.7 Å². The van der Waals surface area contributed by atoms with Gasteiger partial charge in [-0.15, -0.1) is 0 Å². The minimum absolute atomic E-state index is 0.256. The van der Waals surface area contributed by atoms with Crippen LogP contribution in [0.15, 0.2) is 47.6 Å². The topological polar surface area (TPSA) is 64.4 Å². The maximum absolute atomic E-state index is 6.06. The predicted octanol–water partition coefficient (Wildman–Crippen LogP) is 4.84. The quantitative estimate of drug-likeness (QED) is 0.458. The molecule has 0 fully saturated rings. The molecule has 146 valence electrons. The standard InChI is InChI=1S/C21H24N4O2S/c1-14(2)18-9-8-15(3)10-19(18)27-13-20-23-24-21(28)25(20)22-12-16-6-5-7-17(11-16)26-4/h5-12,14H,13H2,1-4H3,(H,24,28)/b22-12-. The number of nitrogens with one attached hydrogen (secondary N) is 1. The molecule has 0 saturated carbocycles. The molecule has 0 aliphatic rings. The molecule has 0 radical (unpaired) electrons. The molecule has 1 aromatic heterocycles. The molecular formula is C21H24N4O2S. The van der Waals surface area contributed by atoms with Crippen LogP contribution in [0, 0.1) is 11.7 Å². The van der Waals surface area contributed by atoms with Crippen LogP contribution in [0.3, 0.4) is 0 Å². The smallest absolute Gasteiger partial charge is 0.216 e.